The molecule has 0 aliphatic carbocycles. The third-order valence-electron chi connectivity index (χ3n) is 6.00. The largest absolute Gasteiger partial charge is 0.477 e. The summed E-state index contributed by atoms with van der Waals surface area (Å²) in [5, 5.41) is 19.5. The number of hydrogen-bond acceptors (Lipinski definition) is 6. The van der Waals surface area contributed by atoms with Gasteiger partial charge in [-0.2, -0.15) is 0 Å². The Hall–Kier alpha value is -2.07. The molecule has 0 bridgehead atoms. The number of likely N-dealkylation sites (tertiary alicyclic amines) is 1. The highest BCUT2D eigenvalue weighted by Crippen LogP contribution is 2.52. The number of hydrogen-bond donors (Lipinski definition) is 2. The first-order chi connectivity index (χ1) is 13.5. The van der Waals surface area contributed by atoms with E-state index in [1.165, 1.54) is 40.3 Å². The molecule has 0 aromatic carbocycles. The second-order valence-electron chi connectivity index (χ2n) is 8.17. The SMILES string of the molecule is CC(=O)N1C[C@@H](SC2=C(C(=O)O)N3C(=O)[C@H]([C@@H](C)O)[C@H]3[C@H]2C)C[C@H]1C(=O)N(C)C. The van der Waals surface area contributed by atoms with Crippen molar-refractivity contribution in [2.24, 2.45) is 11.8 Å². The molecule has 0 aromatic heterocycles. The zero-order valence-corrected chi connectivity index (χ0v) is 18.0. The summed E-state index contributed by atoms with van der Waals surface area (Å²) < 4.78 is 0. The number of carbonyl (C=O) groups is 4. The van der Waals surface area contributed by atoms with Crippen LogP contribution in [-0.4, -0.2) is 92.7 Å². The van der Waals surface area contributed by atoms with Crippen molar-refractivity contribution >= 4 is 35.5 Å². The minimum Gasteiger partial charge on any atom is -0.477 e. The van der Waals surface area contributed by atoms with Gasteiger partial charge in [-0.1, -0.05) is 6.92 Å². The predicted octanol–water partition coefficient (Wildman–Crippen LogP) is -0.0491. The maximum absolute atomic E-state index is 12.5. The van der Waals surface area contributed by atoms with Crippen LogP contribution in [0.3, 0.4) is 0 Å². The van der Waals surface area contributed by atoms with E-state index >= 15 is 0 Å². The molecular weight excluding hydrogens is 398 g/mol. The fourth-order valence-electron chi connectivity index (χ4n) is 4.62. The highest BCUT2D eigenvalue weighted by atomic mass is 32.2. The lowest BCUT2D eigenvalue weighted by molar-refractivity contribution is -0.163. The molecule has 3 amide bonds. The van der Waals surface area contributed by atoms with Crippen molar-refractivity contribution in [3.63, 3.8) is 0 Å². The molecule has 6 atom stereocenters. The van der Waals surface area contributed by atoms with E-state index in [1.54, 1.807) is 14.1 Å². The van der Waals surface area contributed by atoms with E-state index in [4.69, 9.17) is 0 Å². The van der Waals surface area contributed by atoms with Crippen molar-refractivity contribution in [2.75, 3.05) is 20.6 Å². The molecule has 0 aromatic rings. The first-order valence-corrected chi connectivity index (χ1v) is 10.5. The topological polar surface area (TPSA) is 118 Å². The van der Waals surface area contributed by atoms with Crippen LogP contribution >= 0.6 is 11.8 Å². The molecule has 3 aliphatic heterocycles. The number of β-lactam (4-membered cyclic amide) rings is 1. The molecule has 0 unspecified atom stereocenters. The number of aliphatic hydroxyl groups is 1. The Morgan fingerprint density at radius 3 is 2.38 bits per heavy atom. The van der Waals surface area contributed by atoms with Crippen LogP contribution in [0.1, 0.15) is 27.2 Å². The van der Waals surface area contributed by atoms with Gasteiger partial charge >= 0.3 is 5.97 Å². The van der Waals surface area contributed by atoms with E-state index < -0.39 is 24.0 Å². The molecule has 0 saturated carbocycles. The smallest absolute Gasteiger partial charge is 0.353 e. The fraction of sp³-hybridized carbons (Fsp3) is 0.684. The molecule has 3 rings (SSSR count). The van der Waals surface area contributed by atoms with Gasteiger partial charge in [0, 0.05) is 43.6 Å². The van der Waals surface area contributed by atoms with E-state index in [0.29, 0.717) is 17.9 Å². The zero-order valence-electron chi connectivity index (χ0n) is 17.2. The fourth-order valence-corrected chi connectivity index (χ4v) is 6.15. The molecule has 2 saturated heterocycles. The number of carboxylic acid groups (broad SMARTS) is 1. The van der Waals surface area contributed by atoms with E-state index in [2.05, 4.69) is 0 Å². The van der Waals surface area contributed by atoms with Crippen LogP contribution in [0.5, 0.6) is 0 Å². The normalized spacial score (nSPS) is 32.2. The lowest BCUT2D eigenvalue weighted by Crippen LogP contribution is -2.63. The predicted molar refractivity (Wildman–Crippen MR) is 105 cm³/mol. The van der Waals surface area contributed by atoms with Crippen molar-refractivity contribution in [1.29, 1.82) is 0 Å². The number of nitrogens with zero attached hydrogens (tertiary/aromatic N) is 3. The quantitative estimate of drug-likeness (QED) is 0.593. The number of thioether (sulfide) groups is 1. The van der Waals surface area contributed by atoms with Crippen LogP contribution in [0.4, 0.5) is 0 Å². The second-order valence-corrected chi connectivity index (χ2v) is 9.51. The van der Waals surface area contributed by atoms with Gasteiger partial charge < -0.3 is 24.9 Å². The van der Waals surface area contributed by atoms with Gasteiger partial charge in [0.2, 0.25) is 17.7 Å². The first kappa shape index (κ1) is 21.6. The molecule has 29 heavy (non-hydrogen) atoms. The summed E-state index contributed by atoms with van der Waals surface area (Å²) in [7, 11) is 3.27. The monoisotopic (exact) mass is 425 g/mol. The van der Waals surface area contributed by atoms with Gasteiger partial charge in [-0.05, 0) is 13.3 Å². The van der Waals surface area contributed by atoms with Crippen LogP contribution in [-0.2, 0) is 19.2 Å². The molecule has 10 heteroatoms. The van der Waals surface area contributed by atoms with Gasteiger partial charge in [-0.15, -0.1) is 11.8 Å². The lowest BCUT2D eigenvalue weighted by atomic mass is 9.79. The summed E-state index contributed by atoms with van der Waals surface area (Å²) in [6.45, 7) is 5.15. The average molecular weight is 426 g/mol. The van der Waals surface area contributed by atoms with Crippen LogP contribution in [0.25, 0.3) is 0 Å². The Morgan fingerprint density at radius 1 is 1.28 bits per heavy atom. The van der Waals surface area contributed by atoms with Gasteiger partial charge in [-0.25, -0.2) is 4.79 Å². The highest BCUT2D eigenvalue weighted by molar-refractivity contribution is 8.03. The number of aliphatic hydroxyl groups excluding tert-OH is 1. The van der Waals surface area contributed by atoms with E-state index in [9.17, 15) is 29.4 Å². The van der Waals surface area contributed by atoms with Crippen LogP contribution < -0.4 is 0 Å². The lowest BCUT2D eigenvalue weighted by Gasteiger charge is -2.46. The van der Waals surface area contributed by atoms with Gasteiger partial charge in [0.1, 0.15) is 11.7 Å². The average Bonchev–Trinajstić information content (AvgIpc) is 3.13. The number of aliphatic carboxylic acids is 1. The maximum Gasteiger partial charge on any atom is 0.353 e. The molecule has 2 fully saturated rings. The van der Waals surface area contributed by atoms with Crippen LogP contribution in [0, 0.1) is 11.8 Å². The zero-order chi connectivity index (χ0) is 21.8. The number of amides is 3. The molecular formula is C19H27N3O6S. The van der Waals surface area contributed by atoms with Gasteiger partial charge in [0.25, 0.3) is 0 Å². The summed E-state index contributed by atoms with van der Waals surface area (Å²) in [6, 6.07) is -0.949. The van der Waals surface area contributed by atoms with Crippen molar-refractivity contribution in [2.45, 2.75) is 50.6 Å². The number of carboxylic acids is 1. The van der Waals surface area contributed by atoms with Crippen LogP contribution in [0.2, 0.25) is 0 Å². The maximum atomic E-state index is 12.5. The summed E-state index contributed by atoms with van der Waals surface area (Å²) in [6.07, 6.45) is -0.435. The van der Waals surface area contributed by atoms with E-state index in [0.717, 1.165) is 0 Å². The van der Waals surface area contributed by atoms with Gasteiger partial charge in [0.05, 0.1) is 18.1 Å². The van der Waals surface area contributed by atoms with Crippen molar-refractivity contribution < 1.29 is 29.4 Å². The number of carbonyl (C=O) groups excluding carboxylic acids is 3. The van der Waals surface area contributed by atoms with Crippen molar-refractivity contribution in [1.82, 2.24) is 14.7 Å². The first-order valence-electron chi connectivity index (χ1n) is 9.61. The number of rotatable bonds is 5. The van der Waals surface area contributed by atoms with Gasteiger partial charge in [0.15, 0.2) is 0 Å². The summed E-state index contributed by atoms with van der Waals surface area (Å²) in [4.78, 5) is 53.7. The van der Waals surface area contributed by atoms with Crippen molar-refractivity contribution in [3.8, 4) is 0 Å². The Kier molecular flexibility index (Phi) is 5.70. The highest BCUT2D eigenvalue weighted by Gasteiger charge is 2.60. The summed E-state index contributed by atoms with van der Waals surface area (Å²) in [5.74, 6) is -2.77. The van der Waals surface area contributed by atoms with E-state index in [-0.39, 0.29) is 40.6 Å². The Labute approximate surface area is 173 Å². The number of likely N-dealkylation sites (N-methyl/N-ethyl adjacent to an activating group) is 1. The minimum absolute atomic E-state index is 0.0360. The molecule has 0 spiro atoms. The summed E-state index contributed by atoms with van der Waals surface area (Å²) in [5.41, 5.74) is -0.0360. The molecule has 9 nitrogen and oxygen atoms in total. The number of fused-ring (bicyclic) bond motifs is 1. The van der Waals surface area contributed by atoms with Crippen LogP contribution in [0.15, 0.2) is 10.6 Å². The molecule has 3 heterocycles. The standard InChI is InChI=1S/C19H27N3O6S/c1-8-14-13(9(2)23)18(26)22(14)15(19(27)28)16(8)29-11-6-12(17(25)20(4)5)21(7-11)10(3)24/h8-9,11-14,23H,6-7H2,1-5H3,(H,27,28)/t8-,9-,11+,12+,13-,14-/m1/s1. The van der Waals surface area contributed by atoms with Gasteiger partial charge in [-0.3, -0.25) is 14.4 Å². The Balaban J connectivity index is 1.86. The minimum atomic E-state index is -1.18. The molecule has 2 N–H and O–H groups in total. The summed E-state index contributed by atoms with van der Waals surface area (Å²) >= 11 is 1.34. The third kappa shape index (κ3) is 3.42. The Bertz CT molecular complexity index is 795. The second kappa shape index (κ2) is 7.64. The molecule has 3 aliphatic rings. The Morgan fingerprint density at radius 2 is 1.90 bits per heavy atom. The van der Waals surface area contributed by atoms with Crippen molar-refractivity contribution in [3.05, 3.63) is 10.6 Å². The molecule has 160 valence electrons. The molecule has 0 radical (unpaired) electrons. The third-order valence-corrected chi connectivity index (χ3v) is 7.49. The van der Waals surface area contributed by atoms with E-state index in [1.807, 2.05) is 6.92 Å².